The van der Waals surface area contributed by atoms with E-state index in [1.807, 2.05) is 37.3 Å². The first-order chi connectivity index (χ1) is 11.0. The van der Waals surface area contributed by atoms with Gasteiger partial charge in [-0.2, -0.15) is 0 Å². The summed E-state index contributed by atoms with van der Waals surface area (Å²) in [6.45, 7) is 1.83. The summed E-state index contributed by atoms with van der Waals surface area (Å²) >= 11 is 3.34. The minimum absolute atomic E-state index is 0.0807. The molecule has 0 unspecified atom stereocenters. The molecule has 5 nitrogen and oxygen atoms in total. The molecule has 0 bridgehead atoms. The van der Waals surface area contributed by atoms with Gasteiger partial charge in [-0.3, -0.25) is 14.2 Å². The SMILES string of the molecule is Cc1ccccc1NC(=O)Cn1cnc2ccc(Br)cc2c1=O. The molecule has 116 valence electrons. The number of hydrogen-bond acceptors (Lipinski definition) is 3. The van der Waals surface area contributed by atoms with E-state index in [1.54, 1.807) is 12.1 Å². The second kappa shape index (κ2) is 6.34. The van der Waals surface area contributed by atoms with Gasteiger partial charge in [-0.05, 0) is 36.8 Å². The topological polar surface area (TPSA) is 64.0 Å². The van der Waals surface area contributed by atoms with Crippen LogP contribution in [0.15, 0.2) is 58.1 Å². The second-order valence-electron chi connectivity index (χ2n) is 5.20. The Kier molecular flexibility index (Phi) is 4.25. The molecule has 23 heavy (non-hydrogen) atoms. The van der Waals surface area contributed by atoms with Crippen LogP contribution in [0.3, 0.4) is 0 Å². The molecular weight excluding hydrogens is 358 g/mol. The first-order valence-electron chi connectivity index (χ1n) is 7.05. The summed E-state index contributed by atoms with van der Waals surface area (Å²) in [7, 11) is 0. The Morgan fingerprint density at radius 2 is 2.04 bits per heavy atom. The van der Waals surface area contributed by atoms with Gasteiger partial charge < -0.3 is 5.32 Å². The Morgan fingerprint density at radius 3 is 2.83 bits per heavy atom. The molecule has 3 rings (SSSR count). The van der Waals surface area contributed by atoms with Gasteiger partial charge in [-0.25, -0.2) is 4.98 Å². The first-order valence-corrected chi connectivity index (χ1v) is 7.84. The molecular formula is C17H14BrN3O2. The third-order valence-corrected chi connectivity index (χ3v) is 4.01. The van der Waals surface area contributed by atoms with E-state index >= 15 is 0 Å². The molecule has 0 saturated heterocycles. The summed E-state index contributed by atoms with van der Waals surface area (Å²) in [5.41, 5.74) is 2.07. The highest BCUT2D eigenvalue weighted by Gasteiger charge is 2.09. The van der Waals surface area contributed by atoms with Crippen LogP contribution in [0.4, 0.5) is 5.69 Å². The van der Waals surface area contributed by atoms with Crippen molar-refractivity contribution in [2.24, 2.45) is 0 Å². The molecule has 3 aromatic rings. The second-order valence-corrected chi connectivity index (χ2v) is 6.12. The molecule has 0 aliphatic carbocycles. The number of halogens is 1. The number of anilines is 1. The van der Waals surface area contributed by atoms with Crippen LogP contribution >= 0.6 is 15.9 Å². The fourth-order valence-corrected chi connectivity index (χ4v) is 2.66. The molecule has 0 fully saturated rings. The monoisotopic (exact) mass is 371 g/mol. The van der Waals surface area contributed by atoms with E-state index < -0.39 is 0 Å². The van der Waals surface area contributed by atoms with Crippen LogP contribution < -0.4 is 10.9 Å². The number of aryl methyl sites for hydroxylation is 1. The van der Waals surface area contributed by atoms with E-state index in [-0.39, 0.29) is 18.0 Å². The van der Waals surface area contributed by atoms with Gasteiger partial charge in [0.05, 0.1) is 17.2 Å². The lowest BCUT2D eigenvalue weighted by atomic mass is 10.2. The maximum atomic E-state index is 12.5. The fourth-order valence-electron chi connectivity index (χ4n) is 2.30. The molecule has 0 aliphatic rings. The van der Waals surface area contributed by atoms with Gasteiger partial charge in [0.15, 0.2) is 0 Å². The van der Waals surface area contributed by atoms with E-state index in [1.165, 1.54) is 10.9 Å². The third-order valence-electron chi connectivity index (χ3n) is 3.52. The van der Waals surface area contributed by atoms with E-state index in [2.05, 4.69) is 26.2 Å². The standard InChI is InChI=1S/C17H14BrN3O2/c1-11-4-2-3-5-14(11)20-16(22)9-21-10-19-15-7-6-12(18)8-13(15)17(21)23/h2-8,10H,9H2,1H3,(H,20,22). The van der Waals surface area contributed by atoms with E-state index in [9.17, 15) is 9.59 Å². The number of carbonyl (C=O) groups is 1. The van der Waals surface area contributed by atoms with Crippen LogP contribution in [0.2, 0.25) is 0 Å². The summed E-state index contributed by atoms with van der Waals surface area (Å²) in [5, 5.41) is 3.29. The van der Waals surface area contributed by atoms with Gasteiger partial charge in [0.1, 0.15) is 6.54 Å². The maximum absolute atomic E-state index is 12.5. The lowest BCUT2D eigenvalue weighted by Gasteiger charge is -2.10. The van der Waals surface area contributed by atoms with E-state index in [0.717, 1.165) is 15.7 Å². The number of rotatable bonds is 3. The van der Waals surface area contributed by atoms with Gasteiger partial charge >= 0.3 is 0 Å². The van der Waals surface area contributed by atoms with Crippen LogP contribution in [0, 0.1) is 6.92 Å². The zero-order valence-electron chi connectivity index (χ0n) is 12.4. The molecule has 0 radical (unpaired) electrons. The molecule has 1 heterocycles. The van der Waals surface area contributed by atoms with Crippen molar-refractivity contribution in [3.8, 4) is 0 Å². The number of carbonyl (C=O) groups excluding carboxylic acids is 1. The number of para-hydroxylation sites is 1. The molecule has 1 amide bonds. The Labute approximate surface area is 141 Å². The fraction of sp³-hybridized carbons (Fsp3) is 0.118. The van der Waals surface area contributed by atoms with Crippen LogP contribution in [-0.2, 0) is 11.3 Å². The highest BCUT2D eigenvalue weighted by Crippen LogP contribution is 2.15. The number of aromatic nitrogens is 2. The van der Waals surface area contributed by atoms with Gasteiger partial charge in [-0.15, -0.1) is 0 Å². The lowest BCUT2D eigenvalue weighted by molar-refractivity contribution is -0.116. The van der Waals surface area contributed by atoms with Crippen LogP contribution in [0.5, 0.6) is 0 Å². The summed E-state index contributed by atoms with van der Waals surface area (Å²) in [5.74, 6) is -0.266. The predicted octanol–water partition coefficient (Wildman–Crippen LogP) is 3.11. The Balaban J connectivity index is 1.87. The van der Waals surface area contributed by atoms with Crippen molar-refractivity contribution in [2.75, 3.05) is 5.32 Å². The Morgan fingerprint density at radius 1 is 1.26 bits per heavy atom. The van der Waals surface area contributed by atoms with Gasteiger partial charge in [0.25, 0.3) is 5.56 Å². The third kappa shape index (κ3) is 3.32. The number of nitrogens with zero attached hydrogens (tertiary/aromatic N) is 2. The van der Waals surface area contributed by atoms with Gasteiger partial charge in [-0.1, -0.05) is 34.1 Å². The molecule has 2 aromatic carbocycles. The van der Waals surface area contributed by atoms with Crippen molar-refractivity contribution in [2.45, 2.75) is 13.5 Å². The summed E-state index contributed by atoms with van der Waals surface area (Å²) in [6.07, 6.45) is 1.40. The zero-order chi connectivity index (χ0) is 16.4. The minimum Gasteiger partial charge on any atom is -0.324 e. The van der Waals surface area contributed by atoms with E-state index in [4.69, 9.17) is 0 Å². The Hall–Kier alpha value is -2.47. The predicted molar refractivity (Wildman–Crippen MR) is 93.5 cm³/mol. The number of hydrogen-bond donors (Lipinski definition) is 1. The number of fused-ring (bicyclic) bond motifs is 1. The first kappa shape index (κ1) is 15.4. The van der Waals surface area contributed by atoms with Crippen molar-refractivity contribution in [1.29, 1.82) is 0 Å². The van der Waals surface area contributed by atoms with Crippen molar-refractivity contribution in [3.63, 3.8) is 0 Å². The van der Waals surface area contributed by atoms with Gasteiger partial charge in [0.2, 0.25) is 5.91 Å². The number of amides is 1. The zero-order valence-corrected chi connectivity index (χ0v) is 14.0. The maximum Gasteiger partial charge on any atom is 0.261 e. The minimum atomic E-state index is -0.266. The quantitative estimate of drug-likeness (QED) is 0.769. The smallest absolute Gasteiger partial charge is 0.261 e. The molecule has 0 spiro atoms. The highest BCUT2D eigenvalue weighted by atomic mass is 79.9. The lowest BCUT2D eigenvalue weighted by Crippen LogP contribution is -2.28. The highest BCUT2D eigenvalue weighted by molar-refractivity contribution is 9.10. The largest absolute Gasteiger partial charge is 0.324 e. The average Bonchev–Trinajstić information content (AvgIpc) is 2.53. The van der Waals surface area contributed by atoms with Gasteiger partial charge in [0, 0.05) is 10.2 Å². The van der Waals surface area contributed by atoms with Crippen molar-refractivity contribution < 1.29 is 4.79 Å². The molecule has 0 saturated carbocycles. The molecule has 6 heteroatoms. The number of nitrogens with one attached hydrogen (secondary N) is 1. The molecule has 1 aromatic heterocycles. The average molecular weight is 372 g/mol. The van der Waals surface area contributed by atoms with Crippen LogP contribution in [-0.4, -0.2) is 15.5 Å². The van der Waals surface area contributed by atoms with Crippen LogP contribution in [0.1, 0.15) is 5.56 Å². The summed E-state index contributed by atoms with van der Waals surface area (Å²) in [4.78, 5) is 28.9. The van der Waals surface area contributed by atoms with Crippen molar-refractivity contribution in [3.05, 3.63) is 69.2 Å². The van der Waals surface area contributed by atoms with Crippen LogP contribution in [0.25, 0.3) is 10.9 Å². The van der Waals surface area contributed by atoms with E-state index in [0.29, 0.717) is 10.9 Å². The molecule has 1 N–H and O–H groups in total. The number of benzene rings is 2. The normalized spacial score (nSPS) is 10.7. The molecule has 0 aliphatic heterocycles. The molecule has 0 atom stereocenters. The summed E-state index contributed by atoms with van der Waals surface area (Å²) in [6, 6.07) is 12.8. The van der Waals surface area contributed by atoms with Crippen molar-refractivity contribution >= 4 is 38.4 Å². The van der Waals surface area contributed by atoms with Crippen molar-refractivity contribution in [1.82, 2.24) is 9.55 Å². The Bertz CT molecular complexity index is 950. The summed E-state index contributed by atoms with van der Waals surface area (Å²) < 4.78 is 2.11.